The summed E-state index contributed by atoms with van der Waals surface area (Å²) in [6.45, 7) is 3.77. The molecule has 0 spiro atoms. The predicted octanol–water partition coefficient (Wildman–Crippen LogP) is 3.89. The Hall–Kier alpha value is -2.17. The third kappa shape index (κ3) is 4.20. The number of nitrogens with zero attached hydrogens (tertiary/aromatic N) is 1. The maximum absolute atomic E-state index is 13.4. The highest BCUT2D eigenvalue weighted by atomic mass is 32.2. The van der Waals surface area contributed by atoms with Crippen LogP contribution >= 0.6 is 23.5 Å². The highest BCUT2D eigenvalue weighted by molar-refractivity contribution is 8.14. The van der Waals surface area contributed by atoms with Crippen LogP contribution in [-0.2, 0) is 19.0 Å². The monoisotopic (exact) mass is 499 g/mol. The van der Waals surface area contributed by atoms with E-state index in [9.17, 15) is 14.4 Å². The number of rotatable bonds is 5. The first kappa shape index (κ1) is 23.6. The van der Waals surface area contributed by atoms with Crippen molar-refractivity contribution in [3.05, 3.63) is 71.3 Å². The number of imide groups is 1. The van der Waals surface area contributed by atoms with Crippen LogP contribution in [-0.4, -0.2) is 63.1 Å². The fraction of sp³-hybridized carbons (Fsp3) is 0.400. The topological polar surface area (TPSA) is 82.1 Å². The summed E-state index contributed by atoms with van der Waals surface area (Å²) in [5.74, 6) is -0.0154. The second kappa shape index (κ2) is 9.83. The normalized spacial score (nSPS) is 30.7. The Morgan fingerprint density at radius 3 is 2.26 bits per heavy atom. The van der Waals surface area contributed by atoms with Crippen LogP contribution in [0.4, 0.5) is 0 Å². The average Bonchev–Trinajstić information content (AvgIpc) is 3.09. The highest BCUT2D eigenvalue weighted by Gasteiger charge is 2.56. The van der Waals surface area contributed by atoms with E-state index in [0.717, 1.165) is 17.3 Å². The molecule has 2 amide bonds. The van der Waals surface area contributed by atoms with Crippen molar-refractivity contribution < 1.29 is 28.6 Å². The molecule has 7 nitrogen and oxygen atoms in total. The maximum atomic E-state index is 13.4. The molecule has 0 aromatic heterocycles. The molecule has 3 heterocycles. The van der Waals surface area contributed by atoms with Crippen LogP contribution < -0.4 is 0 Å². The van der Waals surface area contributed by atoms with Gasteiger partial charge in [0, 0.05) is 12.5 Å². The number of fused-ring (bicyclic) bond motifs is 2. The molecule has 0 radical (unpaired) electrons. The molecule has 3 unspecified atom stereocenters. The van der Waals surface area contributed by atoms with Crippen LogP contribution in [0.5, 0.6) is 0 Å². The van der Waals surface area contributed by atoms with Crippen molar-refractivity contribution in [3.63, 3.8) is 0 Å². The zero-order valence-corrected chi connectivity index (χ0v) is 20.4. The van der Waals surface area contributed by atoms with E-state index in [2.05, 4.69) is 0 Å². The summed E-state index contributed by atoms with van der Waals surface area (Å²) in [6.07, 6.45) is -1.59. The first-order valence-corrected chi connectivity index (χ1v) is 13.2. The van der Waals surface area contributed by atoms with Crippen LogP contribution in [0.25, 0.3) is 0 Å². The minimum absolute atomic E-state index is 0.112. The molecule has 6 atom stereocenters. The van der Waals surface area contributed by atoms with Gasteiger partial charge in [0.2, 0.25) is 0 Å². The minimum Gasteiger partial charge on any atom is -0.357 e. The van der Waals surface area contributed by atoms with Crippen molar-refractivity contribution in [2.75, 3.05) is 12.4 Å². The molecule has 9 heteroatoms. The fourth-order valence-corrected chi connectivity index (χ4v) is 7.02. The summed E-state index contributed by atoms with van der Waals surface area (Å²) in [5, 5.41) is -0.614. The largest absolute Gasteiger partial charge is 0.357 e. The summed E-state index contributed by atoms with van der Waals surface area (Å²) >= 11 is 2.62. The van der Waals surface area contributed by atoms with Crippen molar-refractivity contribution >= 4 is 40.5 Å². The van der Waals surface area contributed by atoms with E-state index in [1.807, 2.05) is 37.3 Å². The van der Waals surface area contributed by atoms with Crippen molar-refractivity contribution in [1.82, 2.24) is 4.90 Å². The molecular formula is C25H25NO6S2. The summed E-state index contributed by atoms with van der Waals surface area (Å²) in [7, 11) is 0. The van der Waals surface area contributed by atoms with Gasteiger partial charge in [-0.1, -0.05) is 61.2 Å². The number of carbonyl (C=O) groups is 3. The quantitative estimate of drug-likeness (QED) is 0.573. The molecule has 5 rings (SSSR count). The summed E-state index contributed by atoms with van der Waals surface area (Å²) in [6, 6.07) is 15.7. The van der Waals surface area contributed by atoms with Crippen molar-refractivity contribution in [2.45, 2.75) is 49.1 Å². The summed E-state index contributed by atoms with van der Waals surface area (Å²) in [4.78, 5) is 40.5. The number of thioether (sulfide) groups is 2. The van der Waals surface area contributed by atoms with Gasteiger partial charge >= 0.3 is 0 Å². The van der Waals surface area contributed by atoms with E-state index in [-0.39, 0.29) is 23.5 Å². The van der Waals surface area contributed by atoms with Crippen molar-refractivity contribution in [2.24, 2.45) is 0 Å². The van der Waals surface area contributed by atoms with Crippen LogP contribution in [0.1, 0.15) is 46.4 Å². The van der Waals surface area contributed by atoms with Crippen LogP contribution in [0, 0.1) is 0 Å². The molecular weight excluding hydrogens is 474 g/mol. The van der Waals surface area contributed by atoms with E-state index < -0.39 is 35.2 Å². The molecule has 0 saturated carbocycles. The molecule has 178 valence electrons. The molecule has 0 bridgehead atoms. The van der Waals surface area contributed by atoms with Gasteiger partial charge < -0.3 is 14.2 Å². The smallest absolute Gasteiger partial charge is 0.261 e. The van der Waals surface area contributed by atoms with E-state index in [1.54, 1.807) is 24.3 Å². The van der Waals surface area contributed by atoms with Gasteiger partial charge in [-0.15, -0.1) is 11.8 Å². The van der Waals surface area contributed by atoms with Gasteiger partial charge in [0.1, 0.15) is 17.6 Å². The zero-order valence-electron chi connectivity index (χ0n) is 18.8. The van der Waals surface area contributed by atoms with Gasteiger partial charge in [0.15, 0.2) is 11.4 Å². The lowest BCUT2D eigenvalue weighted by molar-refractivity contribution is -0.283. The van der Waals surface area contributed by atoms with E-state index >= 15 is 0 Å². The standard InChI is InChI=1S/C25H25NO6S2/c1-3-33-25-19(26-22(28)16-11-7-8-12-17(16)23(26)29)21(34-14(2)27)20-18(31-25)13-30-24(32-20)15-9-5-4-6-10-15/h4-12,18-21,24-25H,3,13H2,1-2H3/t18?,19-,20+,21+,24?,25?/m0/s1. The van der Waals surface area contributed by atoms with Gasteiger partial charge in [0.05, 0.1) is 29.0 Å². The van der Waals surface area contributed by atoms with E-state index in [1.165, 1.54) is 23.6 Å². The van der Waals surface area contributed by atoms with Crippen LogP contribution in [0.3, 0.4) is 0 Å². The first-order valence-electron chi connectivity index (χ1n) is 11.2. The molecule has 2 aromatic rings. The van der Waals surface area contributed by atoms with Gasteiger partial charge in [-0.05, 0) is 17.9 Å². The number of benzene rings is 2. The fourth-order valence-electron chi connectivity index (χ4n) is 4.72. The Morgan fingerprint density at radius 1 is 1.00 bits per heavy atom. The number of hydrogen-bond donors (Lipinski definition) is 0. The second-order valence-corrected chi connectivity index (χ2v) is 11.0. The Bertz CT molecular complexity index is 1060. The number of ether oxygens (including phenoxy) is 3. The number of amides is 2. The molecule has 3 aliphatic heterocycles. The maximum Gasteiger partial charge on any atom is 0.261 e. The van der Waals surface area contributed by atoms with Crippen LogP contribution in [0.2, 0.25) is 0 Å². The molecule has 2 fully saturated rings. The highest BCUT2D eigenvalue weighted by Crippen LogP contribution is 2.44. The molecule has 3 aliphatic rings. The number of carbonyl (C=O) groups excluding carboxylic acids is 3. The predicted molar refractivity (Wildman–Crippen MR) is 130 cm³/mol. The van der Waals surface area contributed by atoms with Crippen LogP contribution in [0.15, 0.2) is 54.6 Å². The van der Waals surface area contributed by atoms with E-state index in [0.29, 0.717) is 16.9 Å². The van der Waals surface area contributed by atoms with Crippen molar-refractivity contribution in [1.29, 1.82) is 0 Å². The molecule has 2 aromatic carbocycles. The van der Waals surface area contributed by atoms with Gasteiger partial charge in [0.25, 0.3) is 11.8 Å². The Morgan fingerprint density at radius 2 is 1.65 bits per heavy atom. The minimum atomic E-state index is -0.679. The molecule has 0 N–H and O–H groups in total. The second-order valence-electron chi connectivity index (χ2n) is 8.27. The molecule has 0 aliphatic carbocycles. The van der Waals surface area contributed by atoms with Gasteiger partial charge in [-0.3, -0.25) is 19.3 Å². The summed E-state index contributed by atoms with van der Waals surface area (Å²) < 4.78 is 18.7. The van der Waals surface area contributed by atoms with Gasteiger partial charge in [-0.2, -0.15) is 0 Å². The number of hydrogen-bond acceptors (Lipinski definition) is 8. The SMILES string of the molecule is CCSC1OC2COC(c3ccccc3)O[C@H]2[C@H](SC(C)=O)[C@@H]1N1C(=O)c2ccccc2C1=O. The lowest BCUT2D eigenvalue weighted by atomic mass is 9.98. The molecule has 34 heavy (non-hydrogen) atoms. The Kier molecular flexibility index (Phi) is 6.81. The zero-order chi connectivity index (χ0) is 23.8. The first-order chi connectivity index (χ1) is 16.5. The van der Waals surface area contributed by atoms with Gasteiger partial charge in [-0.25, -0.2) is 0 Å². The summed E-state index contributed by atoms with van der Waals surface area (Å²) in [5.41, 5.74) is 1.09. The lowest BCUT2D eigenvalue weighted by Crippen LogP contribution is -2.65. The third-order valence-corrected chi connectivity index (χ3v) is 8.34. The van der Waals surface area contributed by atoms with E-state index in [4.69, 9.17) is 14.2 Å². The molecule has 2 saturated heterocycles. The Balaban J connectivity index is 1.53. The van der Waals surface area contributed by atoms with Crippen molar-refractivity contribution in [3.8, 4) is 0 Å². The lowest BCUT2D eigenvalue weighted by Gasteiger charge is -2.50. The Labute approximate surface area is 206 Å². The average molecular weight is 500 g/mol. The third-order valence-electron chi connectivity index (χ3n) is 6.14.